The van der Waals surface area contributed by atoms with E-state index in [0.29, 0.717) is 5.56 Å². The predicted octanol–water partition coefficient (Wildman–Crippen LogP) is -0.314. The Morgan fingerprint density at radius 3 is 2.44 bits per heavy atom. The molecule has 6 nitrogen and oxygen atoms in total. The van der Waals surface area contributed by atoms with E-state index in [1.54, 1.807) is 0 Å². The van der Waals surface area contributed by atoms with Crippen LogP contribution in [-0.4, -0.2) is 19.8 Å². The molecule has 4 N–H and O–H groups in total. The minimum absolute atomic E-state index is 0.0807. The number of rotatable bonds is 3. The number of thiocarbonyl (C=S) groups is 1. The molecule has 0 bridgehead atoms. The van der Waals surface area contributed by atoms with Crippen LogP contribution in [0, 0.1) is 5.82 Å². The van der Waals surface area contributed by atoms with E-state index in [1.807, 2.05) is 0 Å². The summed E-state index contributed by atoms with van der Waals surface area (Å²) in [6, 6.07) is 4.14. The van der Waals surface area contributed by atoms with E-state index >= 15 is 0 Å². The highest BCUT2D eigenvalue weighted by Crippen LogP contribution is 2.11. The fourth-order valence-corrected chi connectivity index (χ4v) is 1.60. The Morgan fingerprint density at radius 2 is 1.94 bits per heavy atom. The summed E-state index contributed by atoms with van der Waals surface area (Å²) in [4.78, 5) is 22.6. The second-order valence-corrected chi connectivity index (χ2v) is 4.06. The van der Waals surface area contributed by atoms with Crippen molar-refractivity contribution >= 4 is 17.2 Å². The Balaban J connectivity index is 2.39. The molecular formula is C10H9FN4O2S. The zero-order valence-corrected chi connectivity index (χ0v) is 9.88. The number of halogens is 1. The molecule has 0 atom stereocenters. The number of nitrogens with one attached hydrogen (secondary N) is 2. The lowest BCUT2D eigenvalue weighted by Gasteiger charge is -2.04. The first-order chi connectivity index (χ1) is 8.49. The van der Waals surface area contributed by atoms with E-state index in [9.17, 15) is 14.0 Å². The maximum absolute atomic E-state index is 13.7. The molecule has 18 heavy (non-hydrogen) atoms. The standard InChI is InChI=1S/C10H9FN4O2S/c11-7-3-5(8(12)18)1-2-6(7)4-15-9(16)13-14-10(15)17/h1-3H,4H2,(H2,12,18)(H,13,16)(H,14,17). The molecule has 0 radical (unpaired) electrons. The topological polar surface area (TPSA) is 96.7 Å². The molecule has 1 aromatic carbocycles. The van der Waals surface area contributed by atoms with Gasteiger partial charge in [-0.1, -0.05) is 24.4 Å². The second kappa shape index (κ2) is 4.57. The van der Waals surface area contributed by atoms with E-state index in [-0.39, 0.29) is 17.1 Å². The van der Waals surface area contributed by atoms with Crippen LogP contribution in [0.25, 0.3) is 0 Å². The molecule has 1 aromatic heterocycles. The summed E-state index contributed by atoms with van der Waals surface area (Å²) in [6.07, 6.45) is 0. The molecule has 94 valence electrons. The molecule has 0 fully saturated rings. The van der Waals surface area contributed by atoms with Crippen molar-refractivity contribution in [1.29, 1.82) is 0 Å². The van der Waals surface area contributed by atoms with Gasteiger partial charge in [-0.25, -0.2) is 28.7 Å². The maximum Gasteiger partial charge on any atom is 0.344 e. The van der Waals surface area contributed by atoms with Crippen LogP contribution in [0.1, 0.15) is 11.1 Å². The van der Waals surface area contributed by atoms with Gasteiger partial charge in [0.25, 0.3) is 0 Å². The lowest BCUT2D eigenvalue weighted by atomic mass is 10.1. The third-order valence-corrected chi connectivity index (χ3v) is 2.67. The van der Waals surface area contributed by atoms with E-state index in [0.717, 1.165) is 4.57 Å². The van der Waals surface area contributed by atoms with Crippen LogP contribution in [-0.2, 0) is 6.54 Å². The van der Waals surface area contributed by atoms with Crippen molar-refractivity contribution in [1.82, 2.24) is 14.8 Å². The average molecular weight is 268 g/mol. The quantitative estimate of drug-likeness (QED) is 0.665. The van der Waals surface area contributed by atoms with Gasteiger partial charge in [0.1, 0.15) is 10.8 Å². The van der Waals surface area contributed by atoms with Gasteiger partial charge in [0.15, 0.2) is 0 Å². The molecule has 2 aromatic rings. The molecular weight excluding hydrogens is 259 g/mol. The van der Waals surface area contributed by atoms with Crippen molar-refractivity contribution in [3.05, 3.63) is 56.1 Å². The highest BCUT2D eigenvalue weighted by Gasteiger charge is 2.09. The Kier molecular flexibility index (Phi) is 3.11. The van der Waals surface area contributed by atoms with Crippen molar-refractivity contribution in [2.75, 3.05) is 0 Å². The zero-order valence-electron chi connectivity index (χ0n) is 9.07. The van der Waals surface area contributed by atoms with Crippen molar-refractivity contribution in [2.24, 2.45) is 5.73 Å². The second-order valence-electron chi connectivity index (χ2n) is 3.62. The largest absolute Gasteiger partial charge is 0.389 e. The number of hydrogen-bond donors (Lipinski definition) is 3. The molecule has 1 heterocycles. The third-order valence-electron chi connectivity index (χ3n) is 2.43. The molecule has 0 spiro atoms. The fraction of sp³-hybridized carbons (Fsp3) is 0.100. The van der Waals surface area contributed by atoms with Gasteiger partial charge in [-0.15, -0.1) is 0 Å². The van der Waals surface area contributed by atoms with E-state index in [2.05, 4.69) is 10.2 Å². The van der Waals surface area contributed by atoms with Crippen molar-refractivity contribution in [3.63, 3.8) is 0 Å². The summed E-state index contributed by atoms with van der Waals surface area (Å²) in [7, 11) is 0. The first-order valence-corrected chi connectivity index (χ1v) is 5.35. The molecule has 0 unspecified atom stereocenters. The van der Waals surface area contributed by atoms with E-state index in [4.69, 9.17) is 18.0 Å². The van der Waals surface area contributed by atoms with Crippen molar-refractivity contribution in [2.45, 2.75) is 6.54 Å². The molecule has 0 aliphatic rings. The first kappa shape index (κ1) is 12.2. The van der Waals surface area contributed by atoms with Crippen LogP contribution in [0.3, 0.4) is 0 Å². The lowest BCUT2D eigenvalue weighted by Crippen LogP contribution is -2.27. The number of nitrogens with zero attached hydrogens (tertiary/aromatic N) is 1. The van der Waals surface area contributed by atoms with Crippen LogP contribution < -0.4 is 17.1 Å². The summed E-state index contributed by atoms with van der Waals surface area (Å²) in [6.45, 7) is -0.166. The predicted molar refractivity (Wildman–Crippen MR) is 67.1 cm³/mol. The van der Waals surface area contributed by atoms with Gasteiger partial charge in [0, 0.05) is 11.1 Å². The van der Waals surface area contributed by atoms with Crippen molar-refractivity contribution < 1.29 is 4.39 Å². The summed E-state index contributed by atoms with van der Waals surface area (Å²) < 4.78 is 14.6. The molecule has 0 aliphatic carbocycles. The Bertz CT molecular complexity index is 688. The molecule has 0 saturated heterocycles. The summed E-state index contributed by atoms with van der Waals surface area (Å²) in [5, 5.41) is 4.23. The molecule has 2 rings (SSSR count). The Hall–Kier alpha value is -2.22. The van der Waals surface area contributed by atoms with Gasteiger partial charge in [-0.05, 0) is 6.07 Å². The minimum atomic E-state index is -0.627. The number of H-pyrrole nitrogens is 2. The third kappa shape index (κ3) is 2.23. The summed E-state index contributed by atoms with van der Waals surface area (Å²) in [5.41, 5.74) is 4.70. The maximum atomic E-state index is 13.7. The highest BCUT2D eigenvalue weighted by atomic mass is 32.1. The number of aromatic nitrogens is 3. The minimum Gasteiger partial charge on any atom is -0.389 e. The average Bonchev–Trinajstić information content (AvgIpc) is 2.63. The number of nitrogens with two attached hydrogens (primary N) is 1. The molecule has 0 saturated carbocycles. The van der Waals surface area contributed by atoms with Crippen LogP contribution in [0.4, 0.5) is 4.39 Å². The molecule has 0 amide bonds. The van der Waals surface area contributed by atoms with Gasteiger partial charge in [-0.2, -0.15) is 0 Å². The van der Waals surface area contributed by atoms with Crippen LogP contribution in [0.5, 0.6) is 0 Å². The smallest absolute Gasteiger partial charge is 0.344 e. The van der Waals surface area contributed by atoms with Gasteiger partial charge in [0.2, 0.25) is 0 Å². The van der Waals surface area contributed by atoms with Crippen LogP contribution in [0.15, 0.2) is 27.8 Å². The van der Waals surface area contributed by atoms with E-state index in [1.165, 1.54) is 18.2 Å². The normalized spacial score (nSPS) is 10.5. The number of aromatic amines is 2. The van der Waals surface area contributed by atoms with Crippen LogP contribution >= 0.6 is 12.2 Å². The Morgan fingerprint density at radius 1 is 1.33 bits per heavy atom. The summed E-state index contributed by atoms with van der Waals surface area (Å²) >= 11 is 4.72. The molecule has 0 aliphatic heterocycles. The van der Waals surface area contributed by atoms with E-state index < -0.39 is 17.2 Å². The SMILES string of the molecule is NC(=S)c1ccc(Cn2c(=O)[nH][nH]c2=O)c(F)c1. The Labute approximate surface area is 105 Å². The van der Waals surface area contributed by atoms with Crippen molar-refractivity contribution in [3.8, 4) is 0 Å². The fourth-order valence-electron chi connectivity index (χ4n) is 1.48. The first-order valence-electron chi connectivity index (χ1n) is 4.95. The highest BCUT2D eigenvalue weighted by molar-refractivity contribution is 7.80. The lowest BCUT2D eigenvalue weighted by molar-refractivity contribution is 0.593. The van der Waals surface area contributed by atoms with Gasteiger partial charge in [0.05, 0.1) is 6.54 Å². The van der Waals surface area contributed by atoms with Gasteiger partial charge in [-0.3, -0.25) is 0 Å². The van der Waals surface area contributed by atoms with Gasteiger partial charge < -0.3 is 5.73 Å². The monoisotopic (exact) mass is 268 g/mol. The molecule has 8 heteroatoms. The number of hydrogen-bond acceptors (Lipinski definition) is 3. The zero-order chi connectivity index (χ0) is 13.3. The van der Waals surface area contributed by atoms with Crippen LogP contribution in [0.2, 0.25) is 0 Å². The number of benzene rings is 1. The van der Waals surface area contributed by atoms with Gasteiger partial charge >= 0.3 is 11.4 Å². The summed E-state index contributed by atoms with van der Waals surface area (Å²) in [5.74, 6) is -0.576.